The number of fused-ring (bicyclic) bond motifs is 1. The summed E-state index contributed by atoms with van der Waals surface area (Å²) in [7, 11) is -2.51. The van der Waals surface area contributed by atoms with E-state index in [0.29, 0.717) is 34.9 Å². The number of anilines is 1. The summed E-state index contributed by atoms with van der Waals surface area (Å²) in [5.74, 6) is 0.905. The number of carbonyl (C=O) groups is 1. The van der Waals surface area contributed by atoms with Crippen LogP contribution in [0.25, 0.3) is 22.4 Å². The Bertz CT molecular complexity index is 1370. The normalized spacial score (nSPS) is 11.6. The van der Waals surface area contributed by atoms with Crippen LogP contribution in [-0.4, -0.2) is 48.8 Å². The third kappa shape index (κ3) is 5.05. The highest BCUT2D eigenvalue weighted by atomic mass is 32.2. The van der Waals surface area contributed by atoms with Crippen molar-refractivity contribution in [3.63, 3.8) is 0 Å². The molecule has 0 atom stereocenters. The van der Waals surface area contributed by atoms with E-state index < -0.39 is 15.9 Å². The van der Waals surface area contributed by atoms with Gasteiger partial charge in [-0.3, -0.25) is 4.79 Å². The summed E-state index contributed by atoms with van der Waals surface area (Å²) in [6, 6.07) is 21.1. The van der Waals surface area contributed by atoms with Gasteiger partial charge in [-0.15, -0.1) is 0 Å². The van der Waals surface area contributed by atoms with Gasteiger partial charge >= 0.3 is 0 Å². The number of H-pyrrole nitrogens is 1. The standard InChI is InChI=1S/C24H24N4O4S/c1-3-32-19-11-9-18(10-12-19)25-23(29)16-28(2)33(30,31)20-13-14-21-22(15-20)27-24(26-21)17-7-5-4-6-8-17/h4-15H,3,16H2,1-2H3,(H,25,29)(H,26,27). The van der Waals surface area contributed by atoms with Crippen LogP contribution in [0.3, 0.4) is 0 Å². The van der Waals surface area contributed by atoms with Gasteiger partial charge in [0.15, 0.2) is 0 Å². The largest absolute Gasteiger partial charge is 0.494 e. The Kier molecular flexibility index (Phi) is 6.43. The first-order valence-corrected chi connectivity index (χ1v) is 11.8. The molecule has 1 heterocycles. The maximum absolute atomic E-state index is 13.1. The van der Waals surface area contributed by atoms with E-state index >= 15 is 0 Å². The lowest BCUT2D eigenvalue weighted by molar-refractivity contribution is -0.116. The van der Waals surface area contributed by atoms with E-state index in [0.717, 1.165) is 9.87 Å². The molecular weight excluding hydrogens is 440 g/mol. The third-order valence-corrected chi connectivity index (χ3v) is 6.82. The molecule has 4 aromatic rings. The minimum absolute atomic E-state index is 0.0784. The molecule has 1 amide bonds. The Morgan fingerprint density at radius 1 is 1.06 bits per heavy atom. The number of hydrogen-bond acceptors (Lipinski definition) is 5. The zero-order valence-corrected chi connectivity index (χ0v) is 19.1. The van der Waals surface area contributed by atoms with E-state index in [2.05, 4.69) is 15.3 Å². The van der Waals surface area contributed by atoms with E-state index in [1.54, 1.807) is 30.3 Å². The fourth-order valence-electron chi connectivity index (χ4n) is 3.35. The number of imidazole rings is 1. The molecule has 0 unspecified atom stereocenters. The maximum atomic E-state index is 13.1. The summed E-state index contributed by atoms with van der Waals surface area (Å²) < 4.78 is 32.5. The number of sulfonamides is 1. The fourth-order valence-corrected chi connectivity index (χ4v) is 4.50. The molecule has 2 N–H and O–H groups in total. The third-order valence-electron chi connectivity index (χ3n) is 5.02. The predicted octanol–water partition coefficient (Wildman–Crippen LogP) is 3.89. The van der Waals surface area contributed by atoms with Crippen molar-refractivity contribution in [2.75, 3.05) is 25.5 Å². The van der Waals surface area contributed by atoms with E-state index in [9.17, 15) is 13.2 Å². The van der Waals surface area contributed by atoms with Gasteiger partial charge in [0.25, 0.3) is 0 Å². The van der Waals surface area contributed by atoms with Gasteiger partial charge in [-0.25, -0.2) is 13.4 Å². The lowest BCUT2D eigenvalue weighted by Gasteiger charge is -2.17. The summed E-state index contributed by atoms with van der Waals surface area (Å²) >= 11 is 0. The Labute approximate surface area is 192 Å². The number of nitrogens with one attached hydrogen (secondary N) is 2. The number of amides is 1. The van der Waals surface area contributed by atoms with Crippen LogP contribution in [0.2, 0.25) is 0 Å². The van der Waals surface area contributed by atoms with Crippen molar-refractivity contribution >= 4 is 32.7 Å². The number of rotatable bonds is 8. The predicted molar refractivity (Wildman–Crippen MR) is 128 cm³/mol. The Hall–Kier alpha value is -3.69. The second kappa shape index (κ2) is 9.43. The minimum atomic E-state index is -3.88. The molecule has 0 aliphatic heterocycles. The zero-order chi connectivity index (χ0) is 23.4. The molecule has 0 spiro atoms. The molecular formula is C24H24N4O4S. The summed E-state index contributed by atoms with van der Waals surface area (Å²) in [6.07, 6.45) is 0. The van der Waals surface area contributed by atoms with E-state index in [4.69, 9.17) is 4.74 Å². The number of carbonyl (C=O) groups excluding carboxylic acids is 1. The highest BCUT2D eigenvalue weighted by Crippen LogP contribution is 2.24. The van der Waals surface area contributed by atoms with Crippen LogP contribution < -0.4 is 10.1 Å². The molecule has 0 fully saturated rings. The van der Waals surface area contributed by atoms with Crippen molar-refractivity contribution in [3.8, 4) is 17.1 Å². The van der Waals surface area contributed by atoms with Crippen LogP contribution in [0.5, 0.6) is 5.75 Å². The second-order valence-corrected chi connectivity index (χ2v) is 9.44. The molecule has 170 valence electrons. The van der Waals surface area contributed by atoms with Crippen molar-refractivity contribution in [2.45, 2.75) is 11.8 Å². The van der Waals surface area contributed by atoms with Gasteiger partial charge < -0.3 is 15.0 Å². The molecule has 0 saturated heterocycles. The zero-order valence-electron chi connectivity index (χ0n) is 18.3. The Balaban J connectivity index is 1.47. The lowest BCUT2D eigenvalue weighted by atomic mass is 10.2. The number of ether oxygens (including phenoxy) is 1. The van der Waals surface area contributed by atoms with Crippen LogP contribution in [0.1, 0.15) is 6.92 Å². The minimum Gasteiger partial charge on any atom is -0.494 e. The van der Waals surface area contributed by atoms with Gasteiger partial charge in [0.2, 0.25) is 15.9 Å². The smallest absolute Gasteiger partial charge is 0.243 e. The van der Waals surface area contributed by atoms with Crippen molar-refractivity contribution in [2.24, 2.45) is 0 Å². The maximum Gasteiger partial charge on any atom is 0.243 e. The van der Waals surface area contributed by atoms with Crippen LogP contribution in [0.15, 0.2) is 77.7 Å². The molecule has 33 heavy (non-hydrogen) atoms. The monoisotopic (exact) mass is 464 g/mol. The fraction of sp³-hybridized carbons (Fsp3) is 0.167. The summed E-state index contributed by atoms with van der Waals surface area (Å²) in [5, 5.41) is 2.70. The van der Waals surface area contributed by atoms with E-state index in [1.807, 2.05) is 37.3 Å². The second-order valence-electron chi connectivity index (χ2n) is 7.40. The molecule has 9 heteroatoms. The summed E-state index contributed by atoms with van der Waals surface area (Å²) in [4.78, 5) is 20.2. The Morgan fingerprint density at radius 3 is 2.48 bits per heavy atom. The van der Waals surface area contributed by atoms with Gasteiger partial charge in [0.05, 0.1) is 29.1 Å². The molecule has 0 saturated carbocycles. The van der Waals surface area contributed by atoms with E-state index in [1.165, 1.54) is 19.2 Å². The topological polar surface area (TPSA) is 104 Å². The number of nitrogens with zero attached hydrogens (tertiary/aromatic N) is 2. The van der Waals surface area contributed by atoms with Gasteiger partial charge in [-0.1, -0.05) is 30.3 Å². The van der Waals surface area contributed by atoms with Crippen LogP contribution in [0.4, 0.5) is 5.69 Å². The first-order chi connectivity index (χ1) is 15.9. The van der Waals surface area contributed by atoms with Gasteiger partial charge in [0.1, 0.15) is 11.6 Å². The van der Waals surface area contributed by atoms with Crippen LogP contribution in [-0.2, 0) is 14.8 Å². The molecule has 8 nitrogen and oxygen atoms in total. The van der Waals surface area contributed by atoms with E-state index in [-0.39, 0.29) is 11.4 Å². The molecule has 0 aliphatic rings. The van der Waals surface area contributed by atoms with Crippen molar-refractivity contribution in [1.29, 1.82) is 0 Å². The van der Waals surface area contributed by atoms with Crippen molar-refractivity contribution in [3.05, 3.63) is 72.8 Å². The number of likely N-dealkylation sites (N-methyl/N-ethyl adjacent to an activating group) is 1. The van der Waals surface area contributed by atoms with Crippen LogP contribution >= 0.6 is 0 Å². The summed E-state index contributed by atoms with van der Waals surface area (Å²) in [5.41, 5.74) is 2.72. The lowest BCUT2D eigenvalue weighted by Crippen LogP contribution is -2.34. The average Bonchev–Trinajstić information content (AvgIpc) is 3.24. The number of hydrogen-bond donors (Lipinski definition) is 2. The summed E-state index contributed by atoms with van der Waals surface area (Å²) in [6.45, 7) is 2.11. The molecule has 4 rings (SSSR count). The number of aromatic amines is 1. The molecule has 1 aromatic heterocycles. The van der Waals surface area contributed by atoms with Crippen molar-refractivity contribution < 1.29 is 17.9 Å². The first kappa shape index (κ1) is 22.5. The molecule has 0 radical (unpaired) electrons. The van der Waals surface area contributed by atoms with Crippen molar-refractivity contribution in [1.82, 2.24) is 14.3 Å². The SMILES string of the molecule is CCOc1ccc(NC(=O)CN(C)S(=O)(=O)c2ccc3nc(-c4ccccc4)[nH]c3c2)cc1. The Morgan fingerprint density at radius 2 is 1.79 bits per heavy atom. The quantitative estimate of drug-likeness (QED) is 0.412. The number of aromatic nitrogens is 2. The molecule has 0 bridgehead atoms. The number of benzene rings is 3. The first-order valence-electron chi connectivity index (χ1n) is 10.4. The highest BCUT2D eigenvalue weighted by Gasteiger charge is 2.24. The molecule has 0 aliphatic carbocycles. The highest BCUT2D eigenvalue weighted by molar-refractivity contribution is 7.89. The average molecular weight is 465 g/mol. The van der Waals surface area contributed by atoms with Crippen LogP contribution in [0, 0.1) is 0 Å². The van der Waals surface area contributed by atoms with Gasteiger partial charge in [-0.2, -0.15) is 4.31 Å². The van der Waals surface area contributed by atoms with Gasteiger partial charge in [0, 0.05) is 18.3 Å². The molecule has 3 aromatic carbocycles. The van der Waals surface area contributed by atoms with Gasteiger partial charge in [-0.05, 0) is 49.4 Å².